The molecule has 1 rings (SSSR count). The third kappa shape index (κ3) is 5.38. The molecule has 2 N–H and O–H groups in total. The number of rotatable bonds is 6. The van der Waals surface area contributed by atoms with Crippen molar-refractivity contribution in [2.75, 3.05) is 5.32 Å². The van der Waals surface area contributed by atoms with Gasteiger partial charge in [0.2, 0.25) is 5.91 Å². The molecule has 0 fully saturated rings. The molecule has 0 aliphatic rings. The Balaban J connectivity index is 3.01. The molecular weight excluding hydrogens is 316 g/mol. The second kappa shape index (κ2) is 7.58. The summed E-state index contributed by atoms with van der Waals surface area (Å²) >= 11 is 0. The van der Waals surface area contributed by atoms with Gasteiger partial charge in [-0.1, -0.05) is 32.9 Å². The van der Waals surface area contributed by atoms with Gasteiger partial charge in [0, 0.05) is 17.8 Å². The van der Waals surface area contributed by atoms with Crippen LogP contribution in [0.15, 0.2) is 24.3 Å². The zero-order chi connectivity index (χ0) is 18.5. The molecule has 0 radical (unpaired) electrons. The molecule has 0 aliphatic carbocycles. The van der Waals surface area contributed by atoms with E-state index in [1.165, 1.54) is 18.2 Å². The first kappa shape index (κ1) is 19.1. The average molecular weight is 334 g/mol. The van der Waals surface area contributed by atoms with E-state index in [9.17, 15) is 29.4 Å². The zero-order valence-corrected chi connectivity index (χ0v) is 13.5. The van der Waals surface area contributed by atoms with E-state index in [1.807, 2.05) is 5.32 Å². The molecule has 0 saturated heterocycles. The second-order valence-electron chi connectivity index (χ2n) is 6.17. The first-order valence-corrected chi connectivity index (χ1v) is 7.14. The van der Waals surface area contributed by atoms with Gasteiger partial charge in [-0.3, -0.25) is 9.59 Å². The van der Waals surface area contributed by atoms with E-state index >= 15 is 0 Å². The van der Waals surface area contributed by atoms with Crippen molar-refractivity contribution in [1.29, 1.82) is 0 Å². The van der Waals surface area contributed by atoms with Crippen molar-refractivity contribution >= 4 is 29.4 Å². The summed E-state index contributed by atoms with van der Waals surface area (Å²) in [4.78, 5) is 45.7. The molecule has 0 saturated carbocycles. The van der Waals surface area contributed by atoms with Gasteiger partial charge in [0.05, 0.1) is 23.3 Å². The number of aliphatic carboxylic acids is 2. The van der Waals surface area contributed by atoms with Gasteiger partial charge in [-0.15, -0.1) is 0 Å². The van der Waals surface area contributed by atoms with Crippen molar-refractivity contribution in [1.82, 2.24) is 5.32 Å². The van der Waals surface area contributed by atoms with Crippen molar-refractivity contribution in [2.24, 2.45) is 5.41 Å². The van der Waals surface area contributed by atoms with Crippen molar-refractivity contribution < 1.29 is 29.4 Å². The maximum atomic E-state index is 12.2. The van der Waals surface area contributed by atoms with Gasteiger partial charge in [0.1, 0.15) is 0 Å². The summed E-state index contributed by atoms with van der Waals surface area (Å²) in [6, 6.07) is 4.22. The summed E-state index contributed by atoms with van der Waals surface area (Å²) in [7, 11) is 0. The Kier molecular flexibility index (Phi) is 6.05. The number of carbonyl (C=O) groups is 4. The first-order valence-electron chi connectivity index (χ1n) is 7.14. The maximum Gasteiger partial charge on any atom is 0.253 e. The number of hydrogen-bond donors (Lipinski definition) is 2. The normalized spacial score (nSPS) is 12.1. The van der Waals surface area contributed by atoms with Gasteiger partial charge >= 0.3 is 0 Å². The number of anilines is 1. The van der Waals surface area contributed by atoms with Gasteiger partial charge in [-0.25, -0.2) is 0 Å². The van der Waals surface area contributed by atoms with Crippen LogP contribution in [0.4, 0.5) is 5.69 Å². The second-order valence-corrected chi connectivity index (χ2v) is 6.17. The fraction of sp³-hybridized carbons (Fsp3) is 0.375. The van der Waals surface area contributed by atoms with Crippen LogP contribution in [0.3, 0.4) is 0 Å². The van der Waals surface area contributed by atoms with Crippen LogP contribution in [0.2, 0.25) is 0 Å². The lowest BCUT2D eigenvalue weighted by Crippen LogP contribution is -2.50. The van der Waals surface area contributed by atoms with E-state index in [1.54, 1.807) is 26.8 Å². The molecule has 0 aliphatic heterocycles. The number of benzene rings is 1. The van der Waals surface area contributed by atoms with Gasteiger partial charge in [0.15, 0.2) is 0 Å². The summed E-state index contributed by atoms with van der Waals surface area (Å²) in [5.41, 5.74) is -0.522. The van der Waals surface area contributed by atoms with Gasteiger partial charge in [0.25, 0.3) is 5.91 Å². The number of carbonyl (C=O) groups excluding carboxylic acids is 4. The van der Waals surface area contributed by atoms with E-state index in [2.05, 4.69) is 5.32 Å². The number of nitrogens with one attached hydrogen (secondary N) is 2. The minimum absolute atomic E-state index is 0.000280. The van der Waals surface area contributed by atoms with Gasteiger partial charge in [-0.05, 0) is 12.1 Å². The summed E-state index contributed by atoms with van der Waals surface area (Å²) < 4.78 is 0. The molecule has 0 aromatic heterocycles. The molecular formula is C16H18N2O6-2. The van der Waals surface area contributed by atoms with E-state index in [-0.39, 0.29) is 17.2 Å². The molecule has 8 heteroatoms. The van der Waals surface area contributed by atoms with Crippen molar-refractivity contribution in [3.8, 4) is 0 Å². The van der Waals surface area contributed by atoms with Crippen LogP contribution in [0.5, 0.6) is 0 Å². The number of para-hydroxylation sites is 1. The highest BCUT2D eigenvalue weighted by Gasteiger charge is 2.24. The topological polar surface area (TPSA) is 138 Å². The molecule has 8 nitrogen and oxygen atoms in total. The highest BCUT2D eigenvalue weighted by molar-refractivity contribution is 6.05. The minimum atomic E-state index is -1.75. The molecule has 1 atom stereocenters. The Labute approximate surface area is 138 Å². The predicted molar refractivity (Wildman–Crippen MR) is 80.4 cm³/mol. The largest absolute Gasteiger partial charge is 0.550 e. The van der Waals surface area contributed by atoms with Crippen LogP contribution in [-0.2, 0) is 14.4 Å². The van der Waals surface area contributed by atoms with Crippen LogP contribution in [0.25, 0.3) is 0 Å². The van der Waals surface area contributed by atoms with Gasteiger partial charge in [-0.2, -0.15) is 0 Å². The number of carboxylic acid groups (broad SMARTS) is 2. The fourth-order valence-corrected chi connectivity index (χ4v) is 1.70. The van der Waals surface area contributed by atoms with E-state index < -0.39 is 35.7 Å². The Morgan fingerprint density at radius 1 is 1.08 bits per heavy atom. The van der Waals surface area contributed by atoms with Crippen molar-refractivity contribution in [3.63, 3.8) is 0 Å². The lowest BCUT2D eigenvalue weighted by atomic mass is 9.95. The highest BCUT2D eigenvalue weighted by atomic mass is 16.4. The SMILES string of the molecule is CC(C)(C)C(=O)Nc1ccccc1C(=O)NC(CC(=O)[O-])C(=O)[O-]. The lowest BCUT2D eigenvalue weighted by Gasteiger charge is -2.22. The smallest absolute Gasteiger partial charge is 0.253 e. The molecule has 0 spiro atoms. The third-order valence-corrected chi connectivity index (χ3v) is 3.06. The Hall–Kier alpha value is -2.90. The lowest BCUT2D eigenvalue weighted by molar-refractivity contribution is -0.317. The predicted octanol–water partition coefficient (Wildman–Crippen LogP) is -1.34. The standard InChI is InChI=1S/C16H20N2O6/c1-16(2,3)15(24)18-10-7-5-4-6-9(10)13(21)17-11(14(22)23)8-12(19)20/h4-7,11H,8H2,1-3H3,(H,17,21)(H,18,24)(H,19,20)(H,22,23)/p-2. The van der Waals surface area contributed by atoms with Crippen molar-refractivity contribution in [2.45, 2.75) is 33.2 Å². The molecule has 24 heavy (non-hydrogen) atoms. The fourth-order valence-electron chi connectivity index (χ4n) is 1.70. The van der Waals surface area contributed by atoms with Crippen LogP contribution in [0.1, 0.15) is 37.6 Å². The molecule has 1 aromatic carbocycles. The van der Waals surface area contributed by atoms with Crippen molar-refractivity contribution in [3.05, 3.63) is 29.8 Å². The summed E-state index contributed by atoms with van der Waals surface area (Å²) in [5, 5.41) is 26.1. The quantitative estimate of drug-likeness (QED) is 0.660. The molecule has 0 heterocycles. The third-order valence-electron chi connectivity index (χ3n) is 3.06. The van der Waals surface area contributed by atoms with Crippen LogP contribution < -0.4 is 20.8 Å². The van der Waals surface area contributed by atoms with Crippen LogP contribution in [0, 0.1) is 5.41 Å². The highest BCUT2D eigenvalue weighted by Crippen LogP contribution is 2.20. The average Bonchev–Trinajstić information content (AvgIpc) is 2.45. The van der Waals surface area contributed by atoms with Crippen LogP contribution in [-0.4, -0.2) is 29.8 Å². The summed E-state index contributed by atoms with van der Waals surface area (Å²) in [5.74, 6) is -4.58. The minimum Gasteiger partial charge on any atom is -0.550 e. The Bertz CT molecular complexity index is 663. The molecule has 2 amide bonds. The molecule has 1 aromatic rings. The summed E-state index contributed by atoms with van der Waals surface area (Å²) in [6.07, 6.45) is -0.926. The van der Waals surface area contributed by atoms with E-state index in [0.717, 1.165) is 0 Å². The Morgan fingerprint density at radius 3 is 2.17 bits per heavy atom. The number of amides is 2. The van der Waals surface area contributed by atoms with Gasteiger partial charge < -0.3 is 30.4 Å². The summed E-state index contributed by atoms with van der Waals surface area (Å²) in [6.45, 7) is 5.07. The van der Waals surface area contributed by atoms with E-state index in [0.29, 0.717) is 0 Å². The number of carboxylic acids is 2. The first-order chi connectivity index (χ1) is 11.0. The van der Waals surface area contributed by atoms with E-state index in [4.69, 9.17) is 0 Å². The molecule has 0 bridgehead atoms. The Morgan fingerprint density at radius 2 is 1.67 bits per heavy atom. The van der Waals surface area contributed by atoms with Crippen LogP contribution >= 0.6 is 0 Å². The zero-order valence-electron chi connectivity index (χ0n) is 13.5. The monoisotopic (exact) mass is 334 g/mol. The molecule has 1 unspecified atom stereocenters. The number of hydrogen-bond acceptors (Lipinski definition) is 6. The molecule has 130 valence electrons. The maximum absolute atomic E-state index is 12.2.